The fourth-order valence-corrected chi connectivity index (χ4v) is 3.72. The van der Waals surface area contributed by atoms with Gasteiger partial charge in [0.05, 0.1) is 11.0 Å². The minimum atomic E-state index is -3.67. The van der Waals surface area contributed by atoms with Gasteiger partial charge in [-0.3, -0.25) is 4.79 Å². The number of sulfonamides is 1. The highest BCUT2D eigenvalue weighted by atomic mass is 32.2. The topological polar surface area (TPSA) is 97.4 Å². The van der Waals surface area contributed by atoms with E-state index in [1.54, 1.807) is 24.4 Å². The summed E-state index contributed by atoms with van der Waals surface area (Å²) in [5.74, 6) is 0.215. The van der Waals surface area contributed by atoms with Gasteiger partial charge in [0.15, 0.2) is 0 Å². The second-order valence-electron chi connectivity index (χ2n) is 8.33. The van der Waals surface area contributed by atoms with Gasteiger partial charge < -0.3 is 10.1 Å². The maximum Gasteiger partial charge on any atom is 0.240 e. The quantitative estimate of drug-likeness (QED) is 0.633. The lowest BCUT2D eigenvalue weighted by Crippen LogP contribution is -2.30. The average Bonchev–Trinajstić information content (AvgIpc) is 2.66. The molecule has 0 atom stereocenters. The normalized spacial score (nSPS) is 12.1. The SMILES string of the molecule is CC(C)Oc1ncccc1CNC(=O)CCNS(=O)(=O)c1ccc(C(C)(C)C)cc1. The van der Waals surface area contributed by atoms with E-state index in [-0.39, 0.29) is 41.8 Å². The number of aromatic nitrogens is 1. The van der Waals surface area contributed by atoms with E-state index in [4.69, 9.17) is 4.74 Å². The molecule has 0 saturated heterocycles. The molecule has 7 nitrogen and oxygen atoms in total. The van der Waals surface area contributed by atoms with Crippen molar-refractivity contribution in [1.29, 1.82) is 0 Å². The molecule has 0 unspecified atom stereocenters. The maximum absolute atomic E-state index is 12.4. The molecule has 2 aromatic rings. The van der Waals surface area contributed by atoms with E-state index in [9.17, 15) is 13.2 Å². The number of carbonyl (C=O) groups is 1. The van der Waals surface area contributed by atoms with E-state index in [0.29, 0.717) is 5.88 Å². The molecule has 1 aromatic carbocycles. The minimum absolute atomic E-state index is 0.0115. The van der Waals surface area contributed by atoms with Gasteiger partial charge in [-0.25, -0.2) is 18.1 Å². The van der Waals surface area contributed by atoms with Crippen LogP contribution in [0.5, 0.6) is 5.88 Å². The van der Waals surface area contributed by atoms with Crippen LogP contribution in [0.2, 0.25) is 0 Å². The van der Waals surface area contributed by atoms with E-state index in [1.165, 1.54) is 0 Å². The summed E-state index contributed by atoms with van der Waals surface area (Å²) in [4.78, 5) is 16.5. The van der Waals surface area contributed by atoms with Crippen molar-refractivity contribution in [1.82, 2.24) is 15.0 Å². The number of carbonyl (C=O) groups excluding carboxylic acids is 1. The van der Waals surface area contributed by atoms with Crippen LogP contribution in [0.25, 0.3) is 0 Å². The van der Waals surface area contributed by atoms with Crippen molar-refractivity contribution in [2.75, 3.05) is 6.54 Å². The fourth-order valence-electron chi connectivity index (χ4n) is 2.69. The molecule has 0 bridgehead atoms. The third-order valence-corrected chi connectivity index (χ3v) is 5.83. The van der Waals surface area contributed by atoms with Gasteiger partial charge >= 0.3 is 0 Å². The number of nitrogens with one attached hydrogen (secondary N) is 2. The smallest absolute Gasteiger partial charge is 0.240 e. The van der Waals surface area contributed by atoms with Crippen molar-refractivity contribution in [3.8, 4) is 5.88 Å². The molecular formula is C22H31N3O4S. The summed E-state index contributed by atoms with van der Waals surface area (Å²) in [6.07, 6.45) is 1.63. The Morgan fingerprint density at radius 1 is 1.13 bits per heavy atom. The second kappa shape index (κ2) is 10.0. The van der Waals surface area contributed by atoms with Crippen molar-refractivity contribution < 1.29 is 17.9 Å². The highest BCUT2D eigenvalue weighted by molar-refractivity contribution is 7.89. The van der Waals surface area contributed by atoms with Gasteiger partial charge in [0, 0.05) is 31.3 Å². The lowest BCUT2D eigenvalue weighted by molar-refractivity contribution is -0.121. The lowest BCUT2D eigenvalue weighted by Gasteiger charge is -2.19. The van der Waals surface area contributed by atoms with Gasteiger partial charge in [-0.1, -0.05) is 39.0 Å². The Balaban J connectivity index is 1.85. The lowest BCUT2D eigenvalue weighted by atomic mass is 9.87. The molecule has 2 N–H and O–H groups in total. The molecule has 1 amide bonds. The predicted octanol–water partition coefficient (Wildman–Crippen LogP) is 3.15. The Morgan fingerprint density at radius 2 is 1.80 bits per heavy atom. The van der Waals surface area contributed by atoms with Crippen molar-refractivity contribution in [3.63, 3.8) is 0 Å². The number of hydrogen-bond donors (Lipinski definition) is 2. The van der Waals surface area contributed by atoms with Crippen molar-refractivity contribution in [3.05, 3.63) is 53.7 Å². The van der Waals surface area contributed by atoms with Gasteiger partial charge in [0.2, 0.25) is 21.8 Å². The van der Waals surface area contributed by atoms with Crippen molar-refractivity contribution in [2.24, 2.45) is 0 Å². The summed E-state index contributed by atoms with van der Waals surface area (Å²) in [5, 5.41) is 2.77. The summed E-state index contributed by atoms with van der Waals surface area (Å²) in [5.41, 5.74) is 1.76. The molecule has 0 radical (unpaired) electrons. The molecular weight excluding hydrogens is 402 g/mol. The first-order valence-electron chi connectivity index (χ1n) is 9.96. The van der Waals surface area contributed by atoms with Gasteiger partial charge in [0.1, 0.15) is 0 Å². The van der Waals surface area contributed by atoms with Gasteiger partial charge in [0.25, 0.3) is 0 Å². The molecule has 0 aliphatic rings. The van der Waals surface area contributed by atoms with E-state index in [2.05, 4.69) is 35.8 Å². The van der Waals surface area contributed by atoms with Crippen LogP contribution in [-0.2, 0) is 26.8 Å². The molecule has 1 aromatic heterocycles. The van der Waals surface area contributed by atoms with Gasteiger partial charge in [-0.05, 0) is 43.0 Å². The van der Waals surface area contributed by atoms with Crippen LogP contribution in [0.1, 0.15) is 52.2 Å². The van der Waals surface area contributed by atoms with Gasteiger partial charge in [-0.2, -0.15) is 0 Å². The standard InChI is InChI=1S/C22H31N3O4S/c1-16(2)29-21-17(7-6-13-23-21)15-24-20(26)12-14-25-30(27,28)19-10-8-18(9-11-19)22(3,4)5/h6-11,13,16,25H,12,14-15H2,1-5H3,(H,24,26). The van der Waals surface area contributed by atoms with Crippen molar-refractivity contribution in [2.45, 2.75) is 64.0 Å². The number of amides is 1. The van der Waals surface area contributed by atoms with E-state index >= 15 is 0 Å². The first kappa shape index (κ1) is 23.8. The van der Waals surface area contributed by atoms with Crippen LogP contribution in [0, 0.1) is 0 Å². The second-order valence-corrected chi connectivity index (χ2v) is 10.1. The third-order valence-electron chi connectivity index (χ3n) is 4.35. The molecule has 0 saturated carbocycles. The first-order valence-corrected chi connectivity index (χ1v) is 11.4. The number of rotatable bonds is 9. The highest BCUT2D eigenvalue weighted by Crippen LogP contribution is 2.23. The van der Waals surface area contributed by atoms with Crippen LogP contribution in [0.3, 0.4) is 0 Å². The van der Waals surface area contributed by atoms with Gasteiger partial charge in [-0.15, -0.1) is 0 Å². The number of nitrogens with zero attached hydrogens (tertiary/aromatic N) is 1. The largest absolute Gasteiger partial charge is 0.475 e. The summed E-state index contributed by atoms with van der Waals surface area (Å²) < 4.78 is 33.0. The van der Waals surface area contributed by atoms with E-state index in [0.717, 1.165) is 11.1 Å². The Bertz CT molecular complexity index is 949. The van der Waals surface area contributed by atoms with Crippen LogP contribution >= 0.6 is 0 Å². The number of ether oxygens (including phenoxy) is 1. The van der Waals surface area contributed by atoms with Crippen LogP contribution in [0.4, 0.5) is 0 Å². The zero-order chi connectivity index (χ0) is 22.4. The molecule has 2 rings (SSSR count). The molecule has 0 fully saturated rings. The average molecular weight is 434 g/mol. The minimum Gasteiger partial charge on any atom is -0.475 e. The Labute approximate surface area is 179 Å². The van der Waals surface area contributed by atoms with E-state index < -0.39 is 10.0 Å². The predicted molar refractivity (Wildman–Crippen MR) is 117 cm³/mol. The summed E-state index contributed by atoms with van der Waals surface area (Å²) in [6.45, 7) is 10.3. The van der Waals surface area contributed by atoms with Crippen LogP contribution in [-0.4, -0.2) is 32.0 Å². The molecule has 0 spiro atoms. The van der Waals surface area contributed by atoms with Crippen molar-refractivity contribution >= 4 is 15.9 Å². The summed E-state index contributed by atoms with van der Waals surface area (Å²) in [7, 11) is -3.67. The summed E-state index contributed by atoms with van der Waals surface area (Å²) >= 11 is 0. The van der Waals surface area contributed by atoms with Crippen LogP contribution < -0.4 is 14.8 Å². The fraction of sp³-hybridized carbons (Fsp3) is 0.455. The zero-order valence-electron chi connectivity index (χ0n) is 18.2. The monoisotopic (exact) mass is 433 g/mol. The van der Waals surface area contributed by atoms with Crippen LogP contribution in [0.15, 0.2) is 47.5 Å². The summed E-state index contributed by atoms with van der Waals surface area (Å²) in [6, 6.07) is 10.4. The zero-order valence-corrected chi connectivity index (χ0v) is 19.0. The molecule has 164 valence electrons. The first-order chi connectivity index (χ1) is 14.0. The van der Waals surface area contributed by atoms with E-state index in [1.807, 2.05) is 32.0 Å². The molecule has 30 heavy (non-hydrogen) atoms. The Hall–Kier alpha value is -2.45. The molecule has 0 aliphatic heterocycles. The number of hydrogen-bond acceptors (Lipinski definition) is 5. The number of benzene rings is 1. The molecule has 1 heterocycles. The maximum atomic E-state index is 12.4. The molecule has 8 heteroatoms. The third kappa shape index (κ3) is 7.11. The Morgan fingerprint density at radius 3 is 2.40 bits per heavy atom. The Kier molecular flexibility index (Phi) is 7.97. The highest BCUT2D eigenvalue weighted by Gasteiger charge is 2.18. The number of pyridine rings is 1. The molecule has 0 aliphatic carbocycles.